The number of hydrogen-bond donors (Lipinski definition) is 2. The molecule has 2 aromatic heterocycles. The number of anilines is 3. The first-order chi connectivity index (χ1) is 15.7. The van der Waals surface area contributed by atoms with Gasteiger partial charge in [-0.3, -0.25) is 0 Å². The first-order valence-electron chi connectivity index (χ1n) is 10.8. The van der Waals surface area contributed by atoms with E-state index in [4.69, 9.17) is 14.7 Å². The van der Waals surface area contributed by atoms with E-state index in [0.29, 0.717) is 11.8 Å². The SMILES string of the molecule is COc1nc2c(cc1Nc1ncc3cccc(NCc4ccccc4)c3n1)CN(C)CC2. The van der Waals surface area contributed by atoms with Crippen LogP contribution in [-0.4, -0.2) is 40.6 Å². The zero-order chi connectivity index (χ0) is 21.9. The summed E-state index contributed by atoms with van der Waals surface area (Å²) in [5, 5.41) is 7.81. The molecule has 0 bridgehead atoms. The third-order valence-corrected chi connectivity index (χ3v) is 5.70. The van der Waals surface area contributed by atoms with E-state index in [1.165, 1.54) is 11.1 Å². The Morgan fingerprint density at radius 2 is 1.91 bits per heavy atom. The van der Waals surface area contributed by atoms with E-state index in [2.05, 4.69) is 45.8 Å². The molecule has 0 radical (unpaired) electrons. The van der Waals surface area contributed by atoms with Crippen molar-refractivity contribution in [3.8, 4) is 5.88 Å². The molecule has 1 aliphatic rings. The lowest BCUT2D eigenvalue weighted by Crippen LogP contribution is -2.27. The Labute approximate surface area is 187 Å². The highest BCUT2D eigenvalue weighted by atomic mass is 16.5. The van der Waals surface area contributed by atoms with Crippen LogP contribution in [0.3, 0.4) is 0 Å². The molecule has 32 heavy (non-hydrogen) atoms. The van der Waals surface area contributed by atoms with Crippen LogP contribution in [0.4, 0.5) is 17.3 Å². The smallest absolute Gasteiger partial charge is 0.237 e. The number of fused-ring (bicyclic) bond motifs is 2. The van der Waals surface area contributed by atoms with E-state index < -0.39 is 0 Å². The van der Waals surface area contributed by atoms with Gasteiger partial charge >= 0.3 is 0 Å². The van der Waals surface area contributed by atoms with Crippen LogP contribution in [0.1, 0.15) is 16.8 Å². The number of likely N-dealkylation sites (N-methyl/N-ethyl adjacent to an activating group) is 1. The zero-order valence-corrected chi connectivity index (χ0v) is 18.3. The molecule has 0 atom stereocenters. The van der Waals surface area contributed by atoms with Crippen molar-refractivity contribution in [1.82, 2.24) is 19.9 Å². The molecule has 0 spiro atoms. The number of pyridine rings is 1. The summed E-state index contributed by atoms with van der Waals surface area (Å²) in [4.78, 5) is 16.3. The van der Waals surface area contributed by atoms with Gasteiger partial charge in [0.05, 0.1) is 24.0 Å². The van der Waals surface area contributed by atoms with Crippen molar-refractivity contribution in [2.24, 2.45) is 0 Å². The second kappa shape index (κ2) is 8.80. The minimum Gasteiger partial charge on any atom is -0.480 e. The number of para-hydroxylation sites is 1. The van der Waals surface area contributed by atoms with Gasteiger partial charge in [0.1, 0.15) is 5.69 Å². The second-order valence-corrected chi connectivity index (χ2v) is 8.04. The third-order valence-electron chi connectivity index (χ3n) is 5.70. The fourth-order valence-corrected chi connectivity index (χ4v) is 4.01. The molecule has 0 saturated carbocycles. The molecule has 162 valence electrons. The molecule has 5 rings (SSSR count). The third kappa shape index (κ3) is 4.20. The monoisotopic (exact) mass is 426 g/mol. The summed E-state index contributed by atoms with van der Waals surface area (Å²) in [5.74, 6) is 1.07. The van der Waals surface area contributed by atoms with E-state index >= 15 is 0 Å². The molecule has 0 fully saturated rings. The van der Waals surface area contributed by atoms with E-state index in [1.807, 2.05) is 42.6 Å². The van der Waals surface area contributed by atoms with Crippen LogP contribution >= 0.6 is 0 Å². The highest BCUT2D eigenvalue weighted by Crippen LogP contribution is 2.30. The number of aromatic nitrogens is 3. The molecular formula is C25H26N6O. The molecule has 0 amide bonds. The first-order valence-corrected chi connectivity index (χ1v) is 10.8. The number of nitrogens with zero attached hydrogens (tertiary/aromatic N) is 4. The van der Waals surface area contributed by atoms with Gasteiger partial charge in [-0.15, -0.1) is 0 Å². The molecule has 7 nitrogen and oxygen atoms in total. The largest absolute Gasteiger partial charge is 0.480 e. The summed E-state index contributed by atoms with van der Waals surface area (Å²) < 4.78 is 5.55. The topological polar surface area (TPSA) is 75.2 Å². The van der Waals surface area contributed by atoms with Crippen LogP contribution in [0.15, 0.2) is 60.8 Å². The van der Waals surface area contributed by atoms with E-state index in [1.54, 1.807) is 7.11 Å². The van der Waals surface area contributed by atoms with Crippen LogP contribution in [0.5, 0.6) is 5.88 Å². The minimum atomic E-state index is 0.510. The van der Waals surface area contributed by atoms with Crippen LogP contribution in [0.2, 0.25) is 0 Å². The molecule has 2 aromatic carbocycles. The Kier molecular flexibility index (Phi) is 5.56. The average molecular weight is 427 g/mol. The number of ether oxygens (including phenoxy) is 1. The van der Waals surface area contributed by atoms with E-state index in [9.17, 15) is 0 Å². The average Bonchev–Trinajstić information content (AvgIpc) is 2.83. The molecule has 0 unspecified atom stereocenters. The van der Waals surface area contributed by atoms with Gasteiger partial charge in [-0.05, 0) is 30.3 Å². The molecular weight excluding hydrogens is 400 g/mol. The number of hydrogen-bond acceptors (Lipinski definition) is 7. The molecule has 3 heterocycles. The molecule has 7 heteroatoms. The highest BCUT2D eigenvalue weighted by molar-refractivity contribution is 5.90. The van der Waals surface area contributed by atoms with Crippen molar-refractivity contribution in [3.05, 3.63) is 77.6 Å². The maximum Gasteiger partial charge on any atom is 0.237 e. The normalized spacial score (nSPS) is 13.6. The van der Waals surface area contributed by atoms with Gasteiger partial charge in [0.15, 0.2) is 0 Å². The molecule has 2 N–H and O–H groups in total. The summed E-state index contributed by atoms with van der Waals surface area (Å²) >= 11 is 0. The summed E-state index contributed by atoms with van der Waals surface area (Å²) in [6.07, 6.45) is 2.76. The van der Waals surface area contributed by atoms with E-state index in [-0.39, 0.29) is 0 Å². The van der Waals surface area contributed by atoms with Gasteiger partial charge in [0.25, 0.3) is 0 Å². The lowest BCUT2D eigenvalue weighted by molar-refractivity contribution is 0.307. The van der Waals surface area contributed by atoms with E-state index in [0.717, 1.165) is 54.0 Å². The Bertz CT molecular complexity index is 1240. The van der Waals surface area contributed by atoms with Gasteiger partial charge in [-0.2, -0.15) is 0 Å². The Morgan fingerprint density at radius 1 is 1.03 bits per heavy atom. The predicted octanol–water partition coefficient (Wildman–Crippen LogP) is 4.38. The quantitative estimate of drug-likeness (QED) is 0.474. The van der Waals surface area contributed by atoms with Crippen molar-refractivity contribution in [2.75, 3.05) is 31.3 Å². The van der Waals surface area contributed by atoms with Gasteiger partial charge in [-0.1, -0.05) is 42.5 Å². The van der Waals surface area contributed by atoms with Crippen molar-refractivity contribution in [1.29, 1.82) is 0 Å². The van der Waals surface area contributed by atoms with Crippen LogP contribution in [0.25, 0.3) is 10.9 Å². The van der Waals surface area contributed by atoms with Crippen LogP contribution in [0, 0.1) is 0 Å². The van der Waals surface area contributed by atoms with Crippen molar-refractivity contribution >= 4 is 28.2 Å². The standard InChI is InChI=1S/C25H26N6O/c1-31-12-11-20-19(16-31)13-22(24(28-20)32-2)29-25-27-15-18-9-6-10-21(23(18)30-25)26-14-17-7-4-3-5-8-17/h3-10,13,15,26H,11-12,14,16H2,1-2H3,(H,27,29,30). The minimum absolute atomic E-state index is 0.510. The lowest BCUT2D eigenvalue weighted by Gasteiger charge is -2.25. The Morgan fingerprint density at radius 3 is 2.75 bits per heavy atom. The second-order valence-electron chi connectivity index (χ2n) is 8.04. The predicted molar refractivity (Wildman–Crippen MR) is 127 cm³/mol. The van der Waals surface area contributed by atoms with Gasteiger partial charge in [-0.25, -0.2) is 15.0 Å². The Hall–Kier alpha value is -3.71. The van der Waals surface area contributed by atoms with Crippen molar-refractivity contribution < 1.29 is 4.74 Å². The molecule has 1 aliphatic heterocycles. The van der Waals surface area contributed by atoms with Crippen molar-refractivity contribution in [2.45, 2.75) is 19.5 Å². The summed E-state index contributed by atoms with van der Waals surface area (Å²) in [6, 6.07) is 18.5. The summed E-state index contributed by atoms with van der Waals surface area (Å²) in [5.41, 5.74) is 6.12. The van der Waals surface area contributed by atoms with Crippen molar-refractivity contribution in [3.63, 3.8) is 0 Å². The number of rotatable bonds is 6. The van der Waals surface area contributed by atoms with Crippen LogP contribution < -0.4 is 15.4 Å². The Balaban J connectivity index is 1.44. The maximum atomic E-state index is 5.55. The zero-order valence-electron chi connectivity index (χ0n) is 18.3. The highest BCUT2D eigenvalue weighted by Gasteiger charge is 2.19. The number of nitrogens with one attached hydrogen (secondary N) is 2. The first kappa shape index (κ1) is 20.2. The molecule has 0 aliphatic carbocycles. The fraction of sp³-hybridized carbons (Fsp3) is 0.240. The lowest BCUT2D eigenvalue weighted by atomic mass is 10.1. The summed E-state index contributed by atoms with van der Waals surface area (Å²) in [6.45, 7) is 2.60. The molecule has 0 saturated heterocycles. The fourth-order valence-electron chi connectivity index (χ4n) is 4.01. The van der Waals surface area contributed by atoms with Gasteiger partial charge < -0.3 is 20.3 Å². The summed E-state index contributed by atoms with van der Waals surface area (Å²) in [7, 11) is 3.76. The molecule has 4 aromatic rings. The number of methoxy groups -OCH3 is 1. The van der Waals surface area contributed by atoms with Crippen LogP contribution in [-0.2, 0) is 19.5 Å². The van der Waals surface area contributed by atoms with Gasteiger partial charge in [0.2, 0.25) is 11.8 Å². The maximum absolute atomic E-state index is 5.55. The van der Waals surface area contributed by atoms with Gasteiger partial charge in [0, 0.05) is 37.6 Å². The number of benzene rings is 2.